The van der Waals surface area contributed by atoms with E-state index in [9.17, 15) is 4.39 Å². The summed E-state index contributed by atoms with van der Waals surface area (Å²) in [6, 6.07) is 9.89. The molecule has 0 spiro atoms. The Labute approximate surface area is 122 Å². The largest absolute Gasteiger partial charge is 0.322 e. The maximum absolute atomic E-state index is 13.1. The van der Waals surface area contributed by atoms with Gasteiger partial charge >= 0.3 is 0 Å². The van der Waals surface area contributed by atoms with Gasteiger partial charge in [0.15, 0.2) is 0 Å². The second-order valence-electron chi connectivity index (χ2n) is 3.94. The van der Waals surface area contributed by atoms with Crippen LogP contribution in [0.4, 0.5) is 4.39 Å². The van der Waals surface area contributed by atoms with Gasteiger partial charge in [-0.1, -0.05) is 12.1 Å². The van der Waals surface area contributed by atoms with E-state index in [4.69, 9.17) is 5.73 Å². The fourth-order valence-corrected chi connectivity index (χ4v) is 2.55. The highest BCUT2D eigenvalue weighted by Gasteiger charge is 2.13. The predicted octanol–water partition coefficient (Wildman–Crippen LogP) is 3.99. The first-order valence-corrected chi connectivity index (χ1v) is 6.97. The molecule has 18 heavy (non-hydrogen) atoms. The molecule has 0 aliphatic heterocycles. The van der Waals surface area contributed by atoms with E-state index in [0.717, 1.165) is 20.3 Å². The van der Waals surface area contributed by atoms with E-state index in [1.807, 2.05) is 18.2 Å². The van der Waals surface area contributed by atoms with Crippen LogP contribution in [-0.4, -0.2) is 4.98 Å². The Balaban J connectivity index is 2.21. The second-order valence-corrected chi connectivity index (χ2v) is 5.61. The van der Waals surface area contributed by atoms with Crippen molar-refractivity contribution in [3.8, 4) is 0 Å². The molecule has 94 valence electrons. The van der Waals surface area contributed by atoms with Crippen molar-refractivity contribution < 1.29 is 4.39 Å². The number of nitrogens with zero attached hydrogens (tertiary/aromatic N) is 1. The Bertz CT molecular complexity index is 560. The fourth-order valence-electron chi connectivity index (χ4n) is 1.71. The van der Waals surface area contributed by atoms with Gasteiger partial charge in [-0.05, 0) is 68.1 Å². The summed E-state index contributed by atoms with van der Waals surface area (Å²) in [4.78, 5) is 4.34. The molecule has 0 saturated heterocycles. The summed E-state index contributed by atoms with van der Waals surface area (Å²) in [7, 11) is 0. The third kappa shape index (κ3) is 3.37. The van der Waals surface area contributed by atoms with Crippen LogP contribution < -0.4 is 5.73 Å². The van der Waals surface area contributed by atoms with Crippen LogP contribution in [0.1, 0.15) is 17.3 Å². The standard InChI is InChI=1S/C13H11Br2FN2/c14-10-4-5-12(15)18-13(10)11(17)7-8-2-1-3-9(16)6-8/h1-6,11H,7,17H2/t11-/m0/s1. The molecule has 1 aromatic carbocycles. The molecule has 2 nitrogen and oxygen atoms in total. The highest BCUT2D eigenvalue weighted by atomic mass is 79.9. The SMILES string of the molecule is N[C@@H](Cc1cccc(F)c1)c1nc(Br)ccc1Br. The molecule has 1 aromatic heterocycles. The number of nitrogens with two attached hydrogens (primary N) is 1. The minimum Gasteiger partial charge on any atom is -0.322 e. The van der Waals surface area contributed by atoms with Crippen molar-refractivity contribution in [3.63, 3.8) is 0 Å². The average Bonchev–Trinajstić information content (AvgIpc) is 2.32. The molecule has 0 saturated carbocycles. The van der Waals surface area contributed by atoms with Crippen molar-refractivity contribution in [3.05, 3.63) is 62.5 Å². The van der Waals surface area contributed by atoms with E-state index < -0.39 is 0 Å². The Morgan fingerprint density at radius 1 is 1.22 bits per heavy atom. The monoisotopic (exact) mass is 372 g/mol. The minimum atomic E-state index is -0.279. The maximum Gasteiger partial charge on any atom is 0.123 e. The summed E-state index contributed by atoms with van der Waals surface area (Å²) in [5, 5.41) is 0. The van der Waals surface area contributed by atoms with Gasteiger partial charge in [-0.3, -0.25) is 0 Å². The first kappa shape index (κ1) is 13.6. The zero-order chi connectivity index (χ0) is 13.1. The van der Waals surface area contributed by atoms with Crippen molar-refractivity contribution in [1.29, 1.82) is 0 Å². The summed E-state index contributed by atoms with van der Waals surface area (Å²) < 4.78 is 14.7. The van der Waals surface area contributed by atoms with Crippen molar-refractivity contribution in [1.82, 2.24) is 4.98 Å². The Morgan fingerprint density at radius 2 is 2.00 bits per heavy atom. The Kier molecular flexibility index (Phi) is 4.48. The quantitative estimate of drug-likeness (QED) is 0.826. The zero-order valence-corrected chi connectivity index (χ0v) is 12.6. The van der Waals surface area contributed by atoms with Crippen molar-refractivity contribution in [2.75, 3.05) is 0 Å². The van der Waals surface area contributed by atoms with Gasteiger partial charge in [-0.2, -0.15) is 0 Å². The van der Waals surface area contributed by atoms with Gasteiger partial charge in [0.25, 0.3) is 0 Å². The van der Waals surface area contributed by atoms with Gasteiger partial charge in [-0.15, -0.1) is 0 Å². The van der Waals surface area contributed by atoms with Crippen LogP contribution in [0.15, 0.2) is 45.5 Å². The summed E-state index contributed by atoms with van der Waals surface area (Å²) >= 11 is 6.74. The Hall–Kier alpha value is -0.780. The van der Waals surface area contributed by atoms with Gasteiger partial charge in [-0.25, -0.2) is 9.37 Å². The number of hydrogen-bond donors (Lipinski definition) is 1. The van der Waals surface area contributed by atoms with Crippen molar-refractivity contribution in [2.24, 2.45) is 5.73 Å². The van der Waals surface area contributed by atoms with E-state index in [2.05, 4.69) is 36.8 Å². The third-order valence-corrected chi connectivity index (χ3v) is 3.65. The molecule has 1 heterocycles. The van der Waals surface area contributed by atoms with E-state index >= 15 is 0 Å². The van der Waals surface area contributed by atoms with E-state index in [1.54, 1.807) is 6.07 Å². The highest BCUT2D eigenvalue weighted by Crippen LogP contribution is 2.24. The summed E-state index contributed by atoms with van der Waals surface area (Å²) in [6.07, 6.45) is 0.541. The van der Waals surface area contributed by atoms with Crippen molar-refractivity contribution in [2.45, 2.75) is 12.5 Å². The van der Waals surface area contributed by atoms with Crippen molar-refractivity contribution >= 4 is 31.9 Å². The number of halogens is 3. The van der Waals surface area contributed by atoms with Gasteiger partial charge in [0, 0.05) is 4.47 Å². The molecule has 0 amide bonds. The van der Waals surface area contributed by atoms with Crippen LogP contribution in [0.5, 0.6) is 0 Å². The molecular formula is C13H11Br2FN2. The molecule has 0 fully saturated rings. The van der Waals surface area contributed by atoms with Crippen LogP contribution in [-0.2, 0) is 6.42 Å². The highest BCUT2D eigenvalue weighted by molar-refractivity contribution is 9.11. The lowest BCUT2D eigenvalue weighted by Crippen LogP contribution is -2.15. The van der Waals surface area contributed by atoms with Gasteiger partial charge in [0.05, 0.1) is 11.7 Å². The lowest BCUT2D eigenvalue weighted by atomic mass is 10.0. The average molecular weight is 374 g/mol. The molecule has 2 aromatic rings. The van der Waals surface area contributed by atoms with Gasteiger partial charge in [0.2, 0.25) is 0 Å². The fraction of sp³-hybridized carbons (Fsp3) is 0.154. The number of benzene rings is 1. The molecule has 0 radical (unpaired) electrons. The number of rotatable bonds is 3. The molecule has 0 aliphatic carbocycles. The predicted molar refractivity (Wildman–Crippen MR) is 76.7 cm³/mol. The molecule has 5 heteroatoms. The summed E-state index contributed by atoms with van der Waals surface area (Å²) in [5.41, 5.74) is 7.73. The van der Waals surface area contributed by atoms with Crippen LogP contribution in [0.3, 0.4) is 0 Å². The molecule has 0 unspecified atom stereocenters. The number of pyridine rings is 1. The topological polar surface area (TPSA) is 38.9 Å². The molecular weight excluding hydrogens is 363 g/mol. The second kappa shape index (κ2) is 5.91. The van der Waals surface area contributed by atoms with Crippen LogP contribution >= 0.6 is 31.9 Å². The van der Waals surface area contributed by atoms with Crippen LogP contribution in [0.2, 0.25) is 0 Å². The smallest absolute Gasteiger partial charge is 0.123 e. The first-order valence-electron chi connectivity index (χ1n) is 5.38. The summed E-state index contributed by atoms with van der Waals surface area (Å²) in [5.74, 6) is -0.249. The third-order valence-electron chi connectivity index (χ3n) is 2.54. The molecule has 0 aliphatic rings. The Morgan fingerprint density at radius 3 is 2.72 bits per heavy atom. The van der Waals surface area contributed by atoms with Gasteiger partial charge < -0.3 is 5.73 Å². The van der Waals surface area contributed by atoms with Crippen LogP contribution in [0, 0.1) is 5.82 Å². The molecule has 2 rings (SSSR count). The lowest BCUT2D eigenvalue weighted by Gasteiger charge is -2.13. The van der Waals surface area contributed by atoms with E-state index in [0.29, 0.717) is 6.42 Å². The molecule has 0 bridgehead atoms. The minimum absolute atomic E-state index is 0.249. The van der Waals surface area contributed by atoms with E-state index in [1.165, 1.54) is 12.1 Å². The maximum atomic E-state index is 13.1. The zero-order valence-electron chi connectivity index (χ0n) is 9.41. The number of hydrogen-bond acceptors (Lipinski definition) is 2. The molecule has 2 N–H and O–H groups in total. The first-order chi connectivity index (χ1) is 8.56. The van der Waals surface area contributed by atoms with Crippen LogP contribution in [0.25, 0.3) is 0 Å². The van der Waals surface area contributed by atoms with Gasteiger partial charge in [0.1, 0.15) is 10.4 Å². The molecule has 1 atom stereocenters. The lowest BCUT2D eigenvalue weighted by molar-refractivity contribution is 0.620. The summed E-state index contributed by atoms with van der Waals surface area (Å²) in [6.45, 7) is 0. The normalized spacial score (nSPS) is 12.4. The number of aromatic nitrogens is 1. The van der Waals surface area contributed by atoms with E-state index in [-0.39, 0.29) is 11.9 Å².